The first-order valence-electron chi connectivity index (χ1n) is 7.37. The molecule has 0 spiro atoms. The number of rotatable bonds is 4. The summed E-state index contributed by atoms with van der Waals surface area (Å²) in [7, 11) is 0. The quantitative estimate of drug-likeness (QED) is 0.918. The van der Waals surface area contributed by atoms with Gasteiger partial charge in [0.15, 0.2) is 11.6 Å². The van der Waals surface area contributed by atoms with E-state index in [9.17, 15) is 0 Å². The van der Waals surface area contributed by atoms with Crippen LogP contribution in [0.5, 0.6) is 0 Å². The second-order valence-electron chi connectivity index (χ2n) is 5.53. The predicted octanol–water partition coefficient (Wildman–Crippen LogP) is 2.05. The van der Waals surface area contributed by atoms with E-state index >= 15 is 0 Å². The summed E-state index contributed by atoms with van der Waals surface area (Å²) in [5, 5.41) is 11.8. The maximum absolute atomic E-state index is 5.29. The van der Waals surface area contributed by atoms with Crippen LogP contribution in [0.1, 0.15) is 62.0 Å². The molecular weight excluding hydrogens is 256 g/mol. The van der Waals surface area contributed by atoms with Gasteiger partial charge in [0.2, 0.25) is 0 Å². The molecule has 3 heterocycles. The monoisotopic (exact) mass is 274 g/mol. The first-order chi connectivity index (χ1) is 9.83. The molecule has 1 aliphatic heterocycles. The third-order valence-electron chi connectivity index (χ3n) is 3.92. The lowest BCUT2D eigenvalue weighted by Crippen LogP contribution is -2.22. The molecule has 2 aromatic heterocycles. The Morgan fingerprint density at radius 3 is 3.00 bits per heavy atom. The normalized spacial score (nSPS) is 21.8. The third-order valence-corrected chi connectivity index (χ3v) is 3.92. The fraction of sp³-hybridized carbons (Fsp3) is 0.692. The molecule has 0 radical (unpaired) electrons. The Labute approximate surface area is 116 Å². The zero-order chi connectivity index (χ0) is 13.5. The van der Waals surface area contributed by atoms with Gasteiger partial charge in [0, 0.05) is 18.9 Å². The summed E-state index contributed by atoms with van der Waals surface area (Å²) in [6.07, 6.45) is 5.32. The van der Waals surface area contributed by atoms with Gasteiger partial charge in [0.05, 0.1) is 6.04 Å². The topological polar surface area (TPSA) is 81.7 Å². The fourth-order valence-electron chi connectivity index (χ4n) is 2.64. The number of anilines is 1. The number of aromatic nitrogens is 5. The summed E-state index contributed by atoms with van der Waals surface area (Å²) < 4.78 is 7.29. The van der Waals surface area contributed by atoms with Crippen LogP contribution >= 0.6 is 0 Å². The van der Waals surface area contributed by atoms with Crippen molar-refractivity contribution in [2.24, 2.45) is 0 Å². The maximum Gasteiger partial charge on any atom is 0.322 e. The second kappa shape index (κ2) is 4.57. The van der Waals surface area contributed by atoms with Crippen molar-refractivity contribution in [3.8, 4) is 0 Å². The van der Waals surface area contributed by atoms with E-state index in [2.05, 4.69) is 32.5 Å². The smallest absolute Gasteiger partial charge is 0.322 e. The van der Waals surface area contributed by atoms with Crippen molar-refractivity contribution in [1.29, 1.82) is 0 Å². The van der Waals surface area contributed by atoms with E-state index in [1.165, 1.54) is 12.8 Å². The van der Waals surface area contributed by atoms with Crippen LogP contribution in [0.15, 0.2) is 4.52 Å². The van der Waals surface area contributed by atoms with Crippen molar-refractivity contribution in [2.75, 3.05) is 5.32 Å². The van der Waals surface area contributed by atoms with Gasteiger partial charge in [-0.25, -0.2) is 9.67 Å². The molecule has 20 heavy (non-hydrogen) atoms. The van der Waals surface area contributed by atoms with Gasteiger partial charge in [-0.05, 0) is 25.7 Å². The second-order valence-corrected chi connectivity index (χ2v) is 5.53. The van der Waals surface area contributed by atoms with Crippen LogP contribution in [0.4, 0.5) is 6.01 Å². The van der Waals surface area contributed by atoms with Crippen molar-refractivity contribution in [1.82, 2.24) is 24.9 Å². The highest BCUT2D eigenvalue weighted by Crippen LogP contribution is 2.38. The Bertz CT molecular complexity index is 614. The molecule has 0 unspecified atom stereocenters. The molecule has 7 heteroatoms. The van der Waals surface area contributed by atoms with E-state index < -0.39 is 0 Å². The Kier molecular flexibility index (Phi) is 2.71. The maximum atomic E-state index is 5.29. The summed E-state index contributed by atoms with van der Waals surface area (Å²) in [6.45, 7) is 3.02. The number of nitrogens with zero attached hydrogens (tertiary/aromatic N) is 5. The number of hydrogen-bond acceptors (Lipinski definition) is 6. The molecule has 2 aromatic rings. The zero-order valence-corrected chi connectivity index (χ0v) is 11.5. The Morgan fingerprint density at radius 2 is 2.20 bits per heavy atom. The molecule has 7 nitrogen and oxygen atoms in total. The van der Waals surface area contributed by atoms with Gasteiger partial charge >= 0.3 is 6.01 Å². The average molecular weight is 274 g/mol. The van der Waals surface area contributed by atoms with Gasteiger partial charge in [0.1, 0.15) is 5.82 Å². The Hall–Kier alpha value is -1.92. The van der Waals surface area contributed by atoms with E-state index in [4.69, 9.17) is 4.52 Å². The molecule has 1 saturated carbocycles. The van der Waals surface area contributed by atoms with Crippen LogP contribution in [-0.4, -0.2) is 24.9 Å². The molecule has 0 amide bonds. The third kappa shape index (κ3) is 2.07. The molecule has 0 saturated heterocycles. The summed E-state index contributed by atoms with van der Waals surface area (Å²) in [5.41, 5.74) is 0. The van der Waals surface area contributed by atoms with Gasteiger partial charge in [-0.3, -0.25) is 0 Å². The van der Waals surface area contributed by atoms with Crippen LogP contribution in [0, 0.1) is 0 Å². The molecule has 1 fully saturated rings. The van der Waals surface area contributed by atoms with Crippen LogP contribution < -0.4 is 5.32 Å². The average Bonchev–Trinajstić information content (AvgIpc) is 3.05. The molecule has 4 rings (SSSR count). The number of nitrogens with one attached hydrogen (secondary N) is 1. The molecule has 1 N–H and O–H groups in total. The Balaban J connectivity index is 1.55. The summed E-state index contributed by atoms with van der Waals surface area (Å²) in [5.74, 6) is 3.23. The zero-order valence-electron chi connectivity index (χ0n) is 11.5. The van der Waals surface area contributed by atoms with Crippen molar-refractivity contribution < 1.29 is 4.52 Å². The highest BCUT2D eigenvalue weighted by molar-refractivity contribution is 5.25. The van der Waals surface area contributed by atoms with Gasteiger partial charge in [-0.15, -0.1) is 0 Å². The van der Waals surface area contributed by atoms with Crippen molar-refractivity contribution in [3.05, 3.63) is 17.5 Å². The molecule has 1 atom stereocenters. The lowest BCUT2D eigenvalue weighted by atomic mass is 10.1. The SMILES string of the molecule is CCc1nc2n(n1)CCC[C@H]2Nc1nc(C2CC2)no1. The molecular formula is C13H18N6O. The van der Waals surface area contributed by atoms with Crippen LogP contribution in [0.3, 0.4) is 0 Å². The fourth-order valence-corrected chi connectivity index (χ4v) is 2.64. The van der Waals surface area contributed by atoms with Crippen LogP contribution in [-0.2, 0) is 13.0 Å². The Morgan fingerprint density at radius 1 is 1.30 bits per heavy atom. The van der Waals surface area contributed by atoms with Gasteiger partial charge in [0.25, 0.3) is 0 Å². The summed E-state index contributed by atoms with van der Waals surface area (Å²) >= 11 is 0. The van der Waals surface area contributed by atoms with Gasteiger partial charge in [-0.1, -0.05) is 12.1 Å². The predicted molar refractivity (Wildman–Crippen MR) is 71.3 cm³/mol. The molecule has 0 bridgehead atoms. The van der Waals surface area contributed by atoms with E-state index in [1.807, 2.05) is 4.68 Å². The van der Waals surface area contributed by atoms with Crippen molar-refractivity contribution in [2.45, 2.75) is 57.5 Å². The minimum absolute atomic E-state index is 0.115. The standard InChI is InChI=1S/C13H18N6O/c1-2-10-15-12-9(4-3-7-19(12)17-10)14-13-16-11(18-20-13)8-5-6-8/h8-9H,2-7H2,1H3,(H,14,16,18)/t9-/m1/s1. The number of hydrogen-bond donors (Lipinski definition) is 1. The number of fused-ring (bicyclic) bond motifs is 1. The molecule has 0 aromatic carbocycles. The molecule has 1 aliphatic carbocycles. The highest BCUT2D eigenvalue weighted by Gasteiger charge is 2.30. The van der Waals surface area contributed by atoms with E-state index in [-0.39, 0.29) is 6.04 Å². The highest BCUT2D eigenvalue weighted by atomic mass is 16.5. The minimum atomic E-state index is 0.115. The van der Waals surface area contributed by atoms with E-state index in [0.29, 0.717) is 11.9 Å². The van der Waals surface area contributed by atoms with Gasteiger partial charge < -0.3 is 9.84 Å². The van der Waals surface area contributed by atoms with Crippen LogP contribution in [0.2, 0.25) is 0 Å². The first-order valence-corrected chi connectivity index (χ1v) is 7.37. The number of aryl methyl sites for hydroxylation is 2. The first kappa shape index (κ1) is 11.9. The minimum Gasteiger partial charge on any atom is -0.328 e. The molecule has 106 valence electrons. The summed E-state index contributed by atoms with van der Waals surface area (Å²) in [4.78, 5) is 9.02. The summed E-state index contributed by atoms with van der Waals surface area (Å²) in [6, 6.07) is 0.621. The van der Waals surface area contributed by atoms with Crippen molar-refractivity contribution in [3.63, 3.8) is 0 Å². The van der Waals surface area contributed by atoms with Crippen LogP contribution in [0.25, 0.3) is 0 Å². The van der Waals surface area contributed by atoms with E-state index in [1.54, 1.807) is 0 Å². The van der Waals surface area contributed by atoms with Gasteiger partial charge in [-0.2, -0.15) is 10.1 Å². The largest absolute Gasteiger partial charge is 0.328 e. The van der Waals surface area contributed by atoms with Crippen molar-refractivity contribution >= 4 is 6.01 Å². The lowest BCUT2D eigenvalue weighted by molar-refractivity contribution is 0.398. The molecule has 2 aliphatic rings. The lowest BCUT2D eigenvalue weighted by Gasteiger charge is -2.21. The van der Waals surface area contributed by atoms with E-state index in [0.717, 1.165) is 43.3 Å².